The van der Waals surface area contributed by atoms with Crippen LogP contribution in [0.5, 0.6) is 17.2 Å². The monoisotopic (exact) mass is 392 g/mol. The highest BCUT2D eigenvalue weighted by Gasteiger charge is 2.13. The molecule has 1 aromatic heterocycles. The lowest BCUT2D eigenvalue weighted by Crippen LogP contribution is -2.15. The van der Waals surface area contributed by atoms with E-state index in [9.17, 15) is 4.79 Å². The number of fused-ring (bicyclic) bond motifs is 1. The lowest BCUT2D eigenvalue weighted by molar-refractivity contribution is 0.102. The normalized spacial score (nSPS) is 12.2. The maximum atomic E-state index is 12.4. The van der Waals surface area contributed by atoms with Crippen molar-refractivity contribution in [3.63, 3.8) is 0 Å². The van der Waals surface area contributed by atoms with E-state index in [1.807, 2.05) is 25.1 Å². The highest BCUT2D eigenvalue weighted by molar-refractivity contribution is 6.02. The maximum absolute atomic E-state index is 12.4. The van der Waals surface area contributed by atoms with E-state index in [1.54, 1.807) is 36.4 Å². The van der Waals surface area contributed by atoms with Crippen molar-refractivity contribution in [1.29, 1.82) is 0 Å². The smallest absolute Gasteiger partial charge is 0.276 e. The van der Waals surface area contributed by atoms with Gasteiger partial charge in [0.1, 0.15) is 19.0 Å². The van der Waals surface area contributed by atoms with Crippen molar-refractivity contribution in [1.82, 2.24) is 10.2 Å². The molecule has 1 amide bonds. The van der Waals surface area contributed by atoms with Gasteiger partial charge in [-0.05, 0) is 55.5 Å². The molecule has 0 fully saturated rings. The van der Waals surface area contributed by atoms with Crippen LogP contribution in [0, 0.1) is 0 Å². The van der Waals surface area contributed by atoms with Gasteiger partial charge in [-0.1, -0.05) is 0 Å². The van der Waals surface area contributed by atoms with E-state index in [2.05, 4.69) is 20.8 Å². The molecule has 0 spiro atoms. The van der Waals surface area contributed by atoms with Crippen LogP contribution in [0.25, 0.3) is 0 Å². The van der Waals surface area contributed by atoms with Crippen LogP contribution in [0.3, 0.4) is 0 Å². The third kappa shape index (κ3) is 4.55. The van der Waals surface area contributed by atoms with Crippen LogP contribution in [-0.4, -0.2) is 35.9 Å². The largest absolute Gasteiger partial charge is 0.494 e. The number of aromatic nitrogens is 2. The van der Waals surface area contributed by atoms with Crippen LogP contribution >= 0.6 is 0 Å². The number of hydrogen-bond donors (Lipinski definition) is 2. The maximum Gasteiger partial charge on any atom is 0.276 e. The Labute approximate surface area is 167 Å². The summed E-state index contributed by atoms with van der Waals surface area (Å²) in [4.78, 5) is 12.4. The van der Waals surface area contributed by atoms with Crippen LogP contribution < -0.4 is 24.8 Å². The quantitative estimate of drug-likeness (QED) is 0.661. The van der Waals surface area contributed by atoms with E-state index in [4.69, 9.17) is 14.2 Å². The molecule has 8 heteroatoms. The molecule has 0 atom stereocenters. The number of hydrogen-bond acceptors (Lipinski definition) is 7. The fourth-order valence-corrected chi connectivity index (χ4v) is 2.79. The molecular weight excluding hydrogens is 372 g/mol. The summed E-state index contributed by atoms with van der Waals surface area (Å²) in [5.41, 5.74) is 1.65. The number of benzene rings is 2. The molecule has 2 heterocycles. The van der Waals surface area contributed by atoms with Gasteiger partial charge in [-0.25, -0.2) is 0 Å². The third-order valence-corrected chi connectivity index (χ3v) is 4.13. The van der Waals surface area contributed by atoms with Gasteiger partial charge in [-0.15, -0.1) is 10.2 Å². The zero-order valence-electron chi connectivity index (χ0n) is 15.8. The summed E-state index contributed by atoms with van der Waals surface area (Å²) >= 11 is 0. The van der Waals surface area contributed by atoms with E-state index in [0.29, 0.717) is 42.8 Å². The van der Waals surface area contributed by atoms with Gasteiger partial charge < -0.3 is 24.8 Å². The molecule has 0 radical (unpaired) electrons. The Morgan fingerprint density at radius 2 is 1.72 bits per heavy atom. The molecular formula is C21H20N4O4. The van der Waals surface area contributed by atoms with Gasteiger partial charge in [0.2, 0.25) is 0 Å². The van der Waals surface area contributed by atoms with Crippen molar-refractivity contribution in [2.24, 2.45) is 0 Å². The molecule has 2 N–H and O–H groups in total. The SMILES string of the molecule is CCOc1ccc(NC(=O)c2ccc(Nc3ccc4c(c3)OCCO4)nn2)cc1. The number of nitrogens with zero attached hydrogens (tertiary/aromatic N) is 2. The van der Waals surface area contributed by atoms with Gasteiger partial charge in [0, 0.05) is 17.4 Å². The minimum Gasteiger partial charge on any atom is -0.494 e. The first kappa shape index (κ1) is 18.5. The van der Waals surface area contributed by atoms with E-state index in [0.717, 1.165) is 11.4 Å². The second kappa shape index (κ2) is 8.47. The van der Waals surface area contributed by atoms with Gasteiger partial charge >= 0.3 is 0 Å². The minimum atomic E-state index is -0.340. The van der Waals surface area contributed by atoms with E-state index < -0.39 is 0 Å². The molecule has 8 nitrogen and oxygen atoms in total. The average molecular weight is 392 g/mol. The Balaban J connectivity index is 1.39. The van der Waals surface area contributed by atoms with Crippen LogP contribution in [0.4, 0.5) is 17.2 Å². The Kier molecular flexibility index (Phi) is 5.42. The molecule has 2 aromatic carbocycles. The highest BCUT2D eigenvalue weighted by Crippen LogP contribution is 2.33. The molecule has 4 rings (SSSR count). The van der Waals surface area contributed by atoms with Gasteiger partial charge in [-0.3, -0.25) is 4.79 Å². The van der Waals surface area contributed by atoms with Crippen molar-refractivity contribution in [3.05, 3.63) is 60.3 Å². The number of anilines is 3. The Morgan fingerprint density at radius 1 is 0.966 bits per heavy atom. The zero-order chi connectivity index (χ0) is 20.1. The fourth-order valence-electron chi connectivity index (χ4n) is 2.79. The lowest BCUT2D eigenvalue weighted by Gasteiger charge is -2.19. The van der Waals surface area contributed by atoms with Gasteiger partial charge in [-0.2, -0.15) is 0 Å². The summed E-state index contributed by atoms with van der Waals surface area (Å²) in [5, 5.41) is 14.0. The third-order valence-electron chi connectivity index (χ3n) is 4.13. The number of nitrogens with one attached hydrogen (secondary N) is 2. The van der Waals surface area contributed by atoms with Crippen LogP contribution in [0.1, 0.15) is 17.4 Å². The van der Waals surface area contributed by atoms with Crippen LogP contribution in [-0.2, 0) is 0 Å². The zero-order valence-corrected chi connectivity index (χ0v) is 15.8. The van der Waals surface area contributed by atoms with Crippen molar-refractivity contribution >= 4 is 23.1 Å². The summed E-state index contributed by atoms with van der Waals surface area (Å²) in [6.07, 6.45) is 0. The second-order valence-corrected chi connectivity index (χ2v) is 6.20. The Bertz CT molecular complexity index is 991. The fraction of sp³-hybridized carbons (Fsp3) is 0.190. The molecule has 0 unspecified atom stereocenters. The molecule has 0 aliphatic carbocycles. The van der Waals surface area contributed by atoms with Gasteiger partial charge in [0.15, 0.2) is 23.0 Å². The highest BCUT2D eigenvalue weighted by atomic mass is 16.6. The molecule has 29 heavy (non-hydrogen) atoms. The van der Waals surface area contributed by atoms with Crippen LogP contribution in [0.15, 0.2) is 54.6 Å². The number of ether oxygens (including phenoxy) is 3. The first-order valence-corrected chi connectivity index (χ1v) is 9.26. The topological polar surface area (TPSA) is 94.6 Å². The summed E-state index contributed by atoms with van der Waals surface area (Å²) in [6, 6.07) is 16.0. The van der Waals surface area contributed by atoms with E-state index in [1.165, 1.54) is 0 Å². The average Bonchev–Trinajstić information content (AvgIpc) is 2.76. The minimum absolute atomic E-state index is 0.214. The Hall–Kier alpha value is -3.81. The predicted octanol–water partition coefficient (Wildman–Crippen LogP) is 3.64. The molecule has 3 aromatic rings. The number of amides is 1. The predicted molar refractivity (Wildman–Crippen MR) is 108 cm³/mol. The second-order valence-electron chi connectivity index (χ2n) is 6.20. The number of carbonyl (C=O) groups is 1. The summed E-state index contributed by atoms with van der Waals surface area (Å²) in [5.74, 6) is 2.32. The summed E-state index contributed by atoms with van der Waals surface area (Å²) < 4.78 is 16.5. The Morgan fingerprint density at radius 3 is 2.45 bits per heavy atom. The van der Waals surface area contributed by atoms with Gasteiger partial charge in [0.25, 0.3) is 5.91 Å². The summed E-state index contributed by atoms with van der Waals surface area (Å²) in [7, 11) is 0. The lowest BCUT2D eigenvalue weighted by atomic mass is 10.2. The molecule has 0 saturated heterocycles. The molecule has 1 aliphatic heterocycles. The van der Waals surface area contributed by atoms with E-state index >= 15 is 0 Å². The first-order chi connectivity index (χ1) is 14.2. The molecule has 148 valence electrons. The number of carbonyl (C=O) groups excluding carboxylic acids is 1. The van der Waals surface area contributed by atoms with Crippen molar-refractivity contribution in [2.45, 2.75) is 6.92 Å². The van der Waals surface area contributed by atoms with Crippen molar-refractivity contribution < 1.29 is 19.0 Å². The summed E-state index contributed by atoms with van der Waals surface area (Å²) in [6.45, 7) is 3.58. The molecule has 0 bridgehead atoms. The number of rotatable bonds is 6. The molecule has 0 saturated carbocycles. The van der Waals surface area contributed by atoms with E-state index in [-0.39, 0.29) is 11.6 Å². The first-order valence-electron chi connectivity index (χ1n) is 9.26. The standard InChI is InChI=1S/C21H20N4O4/c1-2-27-16-6-3-14(4-7-16)23-21(26)17-8-10-20(25-24-17)22-15-5-9-18-19(13-15)29-12-11-28-18/h3-10,13H,2,11-12H2,1H3,(H,22,25)(H,23,26). The molecule has 1 aliphatic rings. The van der Waals surface area contributed by atoms with Crippen molar-refractivity contribution in [3.8, 4) is 17.2 Å². The van der Waals surface area contributed by atoms with Crippen LogP contribution in [0.2, 0.25) is 0 Å². The van der Waals surface area contributed by atoms with Gasteiger partial charge in [0.05, 0.1) is 6.61 Å². The van der Waals surface area contributed by atoms with Crippen molar-refractivity contribution in [2.75, 3.05) is 30.5 Å².